The van der Waals surface area contributed by atoms with E-state index in [1.54, 1.807) is 42.1 Å². The summed E-state index contributed by atoms with van der Waals surface area (Å²) in [6, 6.07) is 23.1. The van der Waals surface area contributed by atoms with Crippen LogP contribution in [0.5, 0.6) is 17.2 Å². The predicted octanol–water partition coefficient (Wildman–Crippen LogP) is 8.63. The number of ether oxygens (including phenoxy) is 4. The first-order chi connectivity index (χ1) is 28.5. The van der Waals surface area contributed by atoms with E-state index in [0.29, 0.717) is 48.0 Å². The molecule has 1 saturated heterocycles. The number of rotatable bonds is 12. The maximum atomic E-state index is 13.5. The lowest BCUT2D eigenvalue weighted by Crippen LogP contribution is -2.45. The average Bonchev–Trinajstić information content (AvgIpc) is 3.65. The van der Waals surface area contributed by atoms with Gasteiger partial charge in [-0.2, -0.15) is 18.3 Å². The van der Waals surface area contributed by atoms with Crippen LogP contribution in [0.15, 0.2) is 97.3 Å². The van der Waals surface area contributed by atoms with Gasteiger partial charge in [-0.05, 0) is 73.9 Å². The van der Waals surface area contributed by atoms with Gasteiger partial charge in [0.2, 0.25) is 0 Å². The molecule has 2 unspecified atom stereocenters. The molecule has 3 aromatic carbocycles. The van der Waals surface area contributed by atoms with Crippen LogP contribution in [0.1, 0.15) is 58.4 Å². The highest BCUT2D eigenvalue weighted by molar-refractivity contribution is 6.04. The molecule has 2 amide bonds. The number of anilines is 2. The number of methoxy groups -OCH3 is 3. The normalized spacial score (nSPS) is 15.4. The molecule has 1 aliphatic heterocycles. The fraction of sp³-hybridized carbons (Fsp3) is 0.279. The Labute approximate surface area is 338 Å². The smallest absolute Gasteiger partial charge is 0.416 e. The minimum absolute atomic E-state index is 0.0637. The number of pyridine rings is 2. The molecule has 1 fully saturated rings. The van der Waals surface area contributed by atoms with Gasteiger partial charge < -0.3 is 34.5 Å². The van der Waals surface area contributed by atoms with Gasteiger partial charge in [0.15, 0.2) is 5.82 Å². The molecule has 3 aromatic heterocycles. The molecule has 2 N–H and O–H groups in total. The van der Waals surface area contributed by atoms with Crippen molar-refractivity contribution in [2.45, 2.75) is 51.1 Å². The van der Waals surface area contributed by atoms with E-state index in [2.05, 4.69) is 15.6 Å². The summed E-state index contributed by atoms with van der Waals surface area (Å²) in [4.78, 5) is 37.2. The number of aromatic nitrogens is 4. The number of alkyl halides is 3. The van der Waals surface area contributed by atoms with Crippen molar-refractivity contribution in [3.05, 3.63) is 125 Å². The molecule has 1 aliphatic rings. The largest absolute Gasteiger partial charge is 0.497 e. The van der Waals surface area contributed by atoms with Crippen LogP contribution in [0.4, 0.5) is 29.6 Å². The lowest BCUT2D eigenvalue weighted by atomic mass is 9.90. The number of carbonyl (C=O) groups excluding carboxylic acids is 2. The molecule has 0 radical (unpaired) electrons. The monoisotopic (exact) mass is 809 g/mol. The third-order valence-electron chi connectivity index (χ3n) is 10.3. The second-order valence-corrected chi connectivity index (χ2v) is 14.0. The van der Waals surface area contributed by atoms with Gasteiger partial charge in [0.05, 0.1) is 32.6 Å². The Balaban J connectivity index is 1.25. The zero-order valence-electron chi connectivity index (χ0n) is 32.7. The summed E-state index contributed by atoms with van der Waals surface area (Å²) in [6.07, 6.45) is -0.906. The number of nitrogens with zero attached hydrogens (tertiary/aromatic N) is 5. The highest BCUT2D eigenvalue weighted by Crippen LogP contribution is 2.39. The molecule has 0 bridgehead atoms. The van der Waals surface area contributed by atoms with E-state index < -0.39 is 23.7 Å². The molecular weight excluding hydrogens is 768 g/mol. The minimum atomic E-state index is -4.61. The van der Waals surface area contributed by atoms with Crippen molar-refractivity contribution >= 4 is 34.5 Å². The average molecular weight is 810 g/mol. The lowest BCUT2D eigenvalue weighted by Gasteiger charge is -2.36. The lowest BCUT2D eigenvalue weighted by molar-refractivity contribution is -0.137. The highest BCUT2D eigenvalue weighted by Gasteiger charge is 2.34. The Kier molecular flexibility index (Phi) is 11.9. The van der Waals surface area contributed by atoms with Gasteiger partial charge in [-0.15, -0.1) is 0 Å². The van der Waals surface area contributed by atoms with Gasteiger partial charge in [-0.3, -0.25) is 4.79 Å². The van der Waals surface area contributed by atoms with Crippen molar-refractivity contribution in [2.24, 2.45) is 0 Å². The maximum Gasteiger partial charge on any atom is 0.416 e. The first-order valence-corrected chi connectivity index (χ1v) is 18.8. The zero-order chi connectivity index (χ0) is 41.7. The van der Waals surface area contributed by atoms with Crippen molar-refractivity contribution in [3.63, 3.8) is 0 Å². The second kappa shape index (κ2) is 17.3. The number of carbonyl (C=O) groups is 2. The van der Waals surface area contributed by atoms with Gasteiger partial charge in [-0.1, -0.05) is 30.3 Å². The number of fused-ring (bicyclic) bond motifs is 1. The van der Waals surface area contributed by atoms with E-state index in [1.165, 1.54) is 19.2 Å². The molecule has 306 valence electrons. The van der Waals surface area contributed by atoms with Crippen LogP contribution in [0.25, 0.3) is 16.6 Å². The predicted molar refractivity (Wildman–Crippen MR) is 214 cm³/mol. The molecule has 4 heterocycles. The van der Waals surface area contributed by atoms with E-state index in [0.717, 1.165) is 47.0 Å². The number of hydrogen-bond donors (Lipinski definition) is 2. The van der Waals surface area contributed by atoms with Crippen LogP contribution in [0, 0.1) is 0 Å². The Morgan fingerprint density at radius 2 is 1.64 bits per heavy atom. The van der Waals surface area contributed by atoms with E-state index in [4.69, 9.17) is 29.0 Å². The Morgan fingerprint density at radius 3 is 2.39 bits per heavy atom. The fourth-order valence-corrected chi connectivity index (χ4v) is 7.11. The van der Waals surface area contributed by atoms with Crippen molar-refractivity contribution in [1.82, 2.24) is 24.6 Å². The number of likely N-dealkylation sites (tertiary alicyclic amines) is 1. The Morgan fingerprint density at radius 1 is 0.864 bits per heavy atom. The second-order valence-electron chi connectivity index (χ2n) is 14.0. The molecule has 59 heavy (non-hydrogen) atoms. The van der Waals surface area contributed by atoms with Gasteiger partial charge in [0.1, 0.15) is 40.9 Å². The molecule has 7 rings (SSSR count). The number of amides is 2. The van der Waals surface area contributed by atoms with E-state index in [-0.39, 0.29) is 35.7 Å². The summed E-state index contributed by atoms with van der Waals surface area (Å²) in [5.41, 5.74) is 2.67. The number of benzene rings is 3. The number of halogens is 3. The van der Waals surface area contributed by atoms with Crippen molar-refractivity contribution in [3.8, 4) is 22.9 Å². The quantitative estimate of drug-likeness (QED) is 0.123. The summed E-state index contributed by atoms with van der Waals surface area (Å²) >= 11 is 0. The molecule has 0 saturated carbocycles. The molecule has 0 spiro atoms. The third-order valence-corrected chi connectivity index (χ3v) is 10.3. The van der Waals surface area contributed by atoms with Crippen LogP contribution in [-0.4, -0.2) is 70.6 Å². The van der Waals surface area contributed by atoms with Crippen LogP contribution in [0.3, 0.4) is 0 Å². The molecule has 16 heteroatoms. The standard InChI is InChI=1S/C43H42F3N7O6/c1-26-10-11-30(24-52(26)42(55)59-25-27-8-6-5-7-9-27)38-33-17-19-48-40(49-23-29-12-14-32(56-2)22-35(29)57-3)39(33)53(51-38)34-15-13-28(20-36(34)58-4)41(54)50-37-21-31(16-18-47-37)43(44,45)46/h5-9,12-22,26,30H,10-11,23-25H2,1-4H3,(H,48,49)(H,47,50,54). The summed E-state index contributed by atoms with van der Waals surface area (Å²) in [6.45, 7) is 2.83. The molecule has 2 atom stereocenters. The van der Waals surface area contributed by atoms with Crippen molar-refractivity contribution in [2.75, 3.05) is 38.5 Å². The molecular formula is C43H42F3N7O6. The zero-order valence-corrected chi connectivity index (χ0v) is 32.7. The van der Waals surface area contributed by atoms with Gasteiger partial charge in [0.25, 0.3) is 5.91 Å². The molecule has 0 aliphatic carbocycles. The van der Waals surface area contributed by atoms with E-state index in [1.807, 2.05) is 55.5 Å². The Bertz CT molecular complexity index is 2460. The van der Waals surface area contributed by atoms with Crippen molar-refractivity contribution < 1.29 is 41.7 Å². The van der Waals surface area contributed by atoms with Crippen LogP contribution < -0.4 is 24.8 Å². The van der Waals surface area contributed by atoms with E-state index >= 15 is 0 Å². The summed E-state index contributed by atoms with van der Waals surface area (Å²) < 4.78 is 64.3. The maximum absolute atomic E-state index is 13.5. The first-order valence-electron chi connectivity index (χ1n) is 18.8. The van der Waals surface area contributed by atoms with Crippen LogP contribution in [0.2, 0.25) is 0 Å². The van der Waals surface area contributed by atoms with Gasteiger partial charge in [0, 0.05) is 60.0 Å². The topological polar surface area (TPSA) is 142 Å². The first kappa shape index (κ1) is 40.4. The molecule has 13 nitrogen and oxygen atoms in total. The summed E-state index contributed by atoms with van der Waals surface area (Å²) in [5, 5.41) is 11.8. The fourth-order valence-electron chi connectivity index (χ4n) is 7.11. The Hall–Kier alpha value is -6.84. The highest BCUT2D eigenvalue weighted by atomic mass is 19.4. The van der Waals surface area contributed by atoms with Crippen molar-refractivity contribution in [1.29, 1.82) is 0 Å². The van der Waals surface area contributed by atoms with Gasteiger partial charge in [-0.25, -0.2) is 19.4 Å². The number of piperidine rings is 1. The molecule has 6 aromatic rings. The number of nitrogens with one attached hydrogen (secondary N) is 2. The number of hydrogen-bond acceptors (Lipinski definition) is 10. The van der Waals surface area contributed by atoms with Crippen LogP contribution in [-0.2, 0) is 24.1 Å². The third kappa shape index (κ3) is 8.86. The van der Waals surface area contributed by atoms with Crippen LogP contribution >= 0.6 is 0 Å². The summed E-state index contributed by atoms with van der Waals surface area (Å²) in [7, 11) is 4.60. The van der Waals surface area contributed by atoms with E-state index in [9.17, 15) is 22.8 Å². The summed E-state index contributed by atoms with van der Waals surface area (Å²) in [5.74, 6) is 0.856. The SMILES string of the molecule is COc1ccc(CNc2nccc3c(C4CCC(C)N(C(=O)OCc5ccccc5)C4)nn(-c4ccc(C(=O)Nc5cc(C(F)(F)F)ccn5)cc4OC)c23)c(OC)c1. The minimum Gasteiger partial charge on any atom is -0.497 e. The van der Waals surface area contributed by atoms with Gasteiger partial charge >= 0.3 is 12.3 Å².